The lowest BCUT2D eigenvalue weighted by Crippen LogP contribution is -2.48. The number of nitrogens with zero attached hydrogens (tertiary/aromatic N) is 2. The van der Waals surface area contributed by atoms with Crippen molar-refractivity contribution >= 4 is 90.2 Å². The molecular weight excluding hydrogens is 1110 g/mol. The van der Waals surface area contributed by atoms with Crippen molar-refractivity contribution in [2.24, 2.45) is 35.5 Å². The number of ether oxygens (including phenoxy) is 4. The number of hydrogen-bond acceptors (Lipinski definition) is 10. The van der Waals surface area contributed by atoms with Crippen LogP contribution in [-0.2, 0) is 13.1 Å². The van der Waals surface area contributed by atoms with Gasteiger partial charge in [0.1, 0.15) is 23.0 Å². The van der Waals surface area contributed by atoms with Gasteiger partial charge < -0.3 is 18.9 Å². The SMILES string of the molecule is CCCCOc1ccc(CN2C(=O)c3ccc4c5c(SC67CC8CC(CC(C8)C6)C7)cc6c7c(cc(SC89CC%10CC(CC(C%10)C8)C9)c(c8ccc(c3c48)C2=O)c75)C(=O)N(Cc2ccc(OCCCC)cc2OCCCC)C6=O)c(OCCCC)c1. The van der Waals surface area contributed by atoms with Gasteiger partial charge in [-0.05, 0) is 203 Å². The van der Waals surface area contributed by atoms with Crippen molar-refractivity contribution in [3.8, 4) is 23.0 Å². The van der Waals surface area contributed by atoms with Crippen molar-refractivity contribution in [1.29, 1.82) is 0 Å². The molecule has 0 radical (unpaired) electrons. The van der Waals surface area contributed by atoms with Gasteiger partial charge in [0.25, 0.3) is 23.6 Å². The third kappa shape index (κ3) is 9.74. The highest BCUT2D eigenvalue weighted by atomic mass is 32.2. The predicted octanol–water partition coefficient (Wildman–Crippen LogP) is 18.2. The maximum Gasteiger partial charge on any atom is 0.261 e. The molecule has 0 unspecified atom stereocenters. The summed E-state index contributed by atoms with van der Waals surface area (Å²) in [7, 11) is 0. The van der Waals surface area contributed by atoms with Crippen LogP contribution in [0.5, 0.6) is 23.0 Å². The fourth-order valence-electron chi connectivity index (χ4n) is 18.2. The molecule has 8 saturated carbocycles. The van der Waals surface area contributed by atoms with E-state index in [1.165, 1.54) is 48.3 Å². The number of imide groups is 2. The zero-order valence-electron chi connectivity index (χ0n) is 50.8. The molecule has 7 aromatic carbocycles. The summed E-state index contributed by atoms with van der Waals surface area (Å²) in [4.78, 5) is 67.8. The number of hydrogen-bond donors (Lipinski definition) is 0. The Hall–Kier alpha value is -5.98. The molecule has 4 amide bonds. The second-order valence-electron chi connectivity index (χ2n) is 27.6. The van der Waals surface area contributed by atoms with E-state index in [0.29, 0.717) is 107 Å². The molecule has 0 N–H and O–H groups in total. The van der Waals surface area contributed by atoms with Crippen LogP contribution in [-0.4, -0.2) is 69.4 Å². The van der Waals surface area contributed by atoms with Gasteiger partial charge in [-0.3, -0.25) is 29.0 Å². The van der Waals surface area contributed by atoms with Crippen LogP contribution in [0.2, 0.25) is 0 Å². The zero-order chi connectivity index (χ0) is 58.6. The fraction of sp³-hybridized carbons (Fsp3) is 0.514. The van der Waals surface area contributed by atoms with Gasteiger partial charge in [0.05, 0.1) is 39.5 Å². The van der Waals surface area contributed by atoms with E-state index in [4.69, 9.17) is 18.9 Å². The molecule has 2 heterocycles. The second-order valence-corrected chi connectivity index (χ2v) is 30.6. The molecule has 448 valence electrons. The van der Waals surface area contributed by atoms with Crippen LogP contribution in [0.15, 0.2) is 82.6 Å². The zero-order valence-corrected chi connectivity index (χ0v) is 52.4. The summed E-state index contributed by atoms with van der Waals surface area (Å²) in [5, 5.41) is 7.32. The second kappa shape index (κ2) is 22.6. The minimum atomic E-state index is -0.328. The largest absolute Gasteiger partial charge is 0.493 e. The third-order valence-electron chi connectivity index (χ3n) is 21.3. The first kappa shape index (κ1) is 56.5. The smallest absolute Gasteiger partial charge is 0.261 e. The van der Waals surface area contributed by atoms with E-state index in [-0.39, 0.29) is 46.2 Å². The van der Waals surface area contributed by atoms with Crippen LogP contribution < -0.4 is 18.9 Å². The highest BCUT2D eigenvalue weighted by molar-refractivity contribution is 8.01. The summed E-state index contributed by atoms with van der Waals surface area (Å²) < 4.78 is 25.2. The van der Waals surface area contributed by atoms with Crippen molar-refractivity contribution in [2.75, 3.05) is 26.4 Å². The molecule has 0 spiro atoms. The van der Waals surface area contributed by atoms with Crippen LogP contribution in [0.3, 0.4) is 0 Å². The first-order chi connectivity index (χ1) is 41.9. The van der Waals surface area contributed by atoms with E-state index in [1.807, 2.05) is 72.1 Å². The molecule has 8 fully saturated rings. The van der Waals surface area contributed by atoms with E-state index in [2.05, 4.69) is 52.0 Å². The molecule has 86 heavy (non-hydrogen) atoms. The van der Waals surface area contributed by atoms with Gasteiger partial charge in [0, 0.05) is 91.7 Å². The Balaban J connectivity index is 0.918. The average Bonchev–Trinajstić information content (AvgIpc) is 0.754. The Morgan fingerprint density at radius 3 is 1.12 bits per heavy atom. The number of rotatable bonds is 24. The lowest BCUT2D eigenvalue weighted by atomic mass is 9.56. The summed E-state index contributed by atoms with van der Waals surface area (Å²) in [5.41, 5.74) is 3.67. The number of thioether (sulfide) groups is 2. The van der Waals surface area contributed by atoms with Gasteiger partial charge in [-0.25, -0.2) is 0 Å². The quantitative estimate of drug-likeness (QED) is 0.0251. The first-order valence-corrected chi connectivity index (χ1v) is 34.7. The molecular formula is C74H82N2O8S2. The molecule has 0 aromatic heterocycles. The summed E-state index contributed by atoms with van der Waals surface area (Å²) in [6.45, 7) is 10.9. The van der Waals surface area contributed by atoms with Gasteiger partial charge in [0.2, 0.25) is 0 Å². The highest BCUT2D eigenvalue weighted by Gasteiger charge is 2.54. The van der Waals surface area contributed by atoms with Crippen LogP contribution in [0.1, 0.15) is 209 Å². The van der Waals surface area contributed by atoms with Gasteiger partial charge in [-0.2, -0.15) is 0 Å². The number of fused-ring (bicyclic) bond motifs is 2. The number of carbonyl (C=O) groups excluding carboxylic acids is 4. The molecule has 0 saturated heterocycles. The van der Waals surface area contributed by atoms with Crippen LogP contribution in [0.4, 0.5) is 0 Å². The predicted molar refractivity (Wildman–Crippen MR) is 344 cm³/mol. The number of unbranched alkanes of at least 4 members (excludes halogenated alkanes) is 4. The van der Waals surface area contributed by atoms with Crippen molar-refractivity contribution in [3.05, 3.63) is 106 Å². The molecule has 8 bridgehead atoms. The van der Waals surface area contributed by atoms with E-state index >= 15 is 19.2 Å². The van der Waals surface area contributed by atoms with Crippen molar-refractivity contribution < 1.29 is 38.1 Å². The number of carbonyl (C=O) groups is 4. The highest BCUT2D eigenvalue weighted by Crippen LogP contribution is 2.66. The standard InChI is InChI=1S/C74H82N2O8S2/c1-5-9-21-81-51-15-13-49(59(31-51)83-23-11-7-3)41-75-69(77)55-19-17-53-63-54(18-20-56(64(55)63)70(75)78)67-62(86-74-38-46-28-47(39-74)30-48(29-46)40-74)34-58-65-57(33-61(66(53)68(65)67)85-73-35-43-25-44(36-73)27-45(26-43)37-73)71(79)76(72(58)80)42-50-14-16-52(82-22-10-6-2)32-60(50)84-24-12-8-4/h13-20,31-34,43-48H,5-12,21-30,35-42H2,1-4H3. The fourth-order valence-corrected chi connectivity index (χ4v) is 22.0. The van der Waals surface area contributed by atoms with E-state index in [0.717, 1.165) is 154 Å². The monoisotopic (exact) mass is 1190 g/mol. The Morgan fingerprint density at radius 1 is 0.395 bits per heavy atom. The van der Waals surface area contributed by atoms with Crippen LogP contribution in [0.25, 0.3) is 43.1 Å². The van der Waals surface area contributed by atoms with Gasteiger partial charge in [-0.1, -0.05) is 65.5 Å². The lowest BCUT2D eigenvalue weighted by Gasteiger charge is -2.56. The topological polar surface area (TPSA) is 112 Å². The van der Waals surface area contributed by atoms with Gasteiger partial charge in [0.15, 0.2) is 0 Å². The lowest BCUT2D eigenvalue weighted by molar-refractivity contribution is 0.0382. The first-order valence-electron chi connectivity index (χ1n) is 33.1. The molecule has 0 atom stereocenters. The van der Waals surface area contributed by atoms with E-state index < -0.39 is 0 Å². The number of amides is 4. The summed E-state index contributed by atoms with van der Waals surface area (Å²) >= 11 is 4.01. The van der Waals surface area contributed by atoms with Crippen LogP contribution in [0, 0.1) is 35.5 Å². The summed E-state index contributed by atoms with van der Waals surface area (Å²) in [5.74, 6) is 5.64. The Morgan fingerprint density at radius 2 is 0.744 bits per heavy atom. The molecule has 10 nitrogen and oxygen atoms in total. The van der Waals surface area contributed by atoms with Crippen molar-refractivity contribution in [1.82, 2.24) is 9.80 Å². The number of benzene rings is 7. The van der Waals surface area contributed by atoms with Crippen LogP contribution >= 0.6 is 23.5 Å². The average molecular weight is 1190 g/mol. The minimum absolute atomic E-state index is 0.0110. The minimum Gasteiger partial charge on any atom is -0.493 e. The normalized spacial score (nSPS) is 26.0. The molecule has 17 rings (SSSR count). The van der Waals surface area contributed by atoms with Crippen molar-refractivity contribution in [3.63, 3.8) is 0 Å². The van der Waals surface area contributed by atoms with E-state index in [9.17, 15) is 0 Å². The molecule has 10 aliphatic rings. The van der Waals surface area contributed by atoms with Gasteiger partial charge >= 0.3 is 0 Å². The van der Waals surface area contributed by atoms with E-state index in [1.54, 1.807) is 0 Å². The molecule has 7 aromatic rings. The Kier molecular flexibility index (Phi) is 14.8. The third-order valence-corrected chi connectivity index (χ3v) is 24.3. The molecule has 2 aliphatic heterocycles. The van der Waals surface area contributed by atoms with Gasteiger partial charge in [-0.15, -0.1) is 23.5 Å². The molecule has 12 heteroatoms. The summed E-state index contributed by atoms with van der Waals surface area (Å²) in [6.07, 6.45) is 22.4. The molecule has 8 aliphatic carbocycles. The maximum atomic E-state index is 16.0. The summed E-state index contributed by atoms with van der Waals surface area (Å²) in [6, 6.07) is 24.2. The Bertz CT molecular complexity index is 3650. The van der Waals surface area contributed by atoms with Crippen molar-refractivity contribution in [2.45, 2.75) is 188 Å². The Labute approximate surface area is 514 Å². The maximum absolute atomic E-state index is 16.0.